The SMILES string of the molecule is NCCCC1CCC2(CO1)COC(CCCN)OO2. The summed E-state index contributed by atoms with van der Waals surface area (Å²) in [5.74, 6) is 0. The van der Waals surface area contributed by atoms with E-state index in [1.165, 1.54) is 0 Å². The van der Waals surface area contributed by atoms with Crippen LogP contribution in [0.1, 0.15) is 38.5 Å². The van der Waals surface area contributed by atoms with Gasteiger partial charge in [0.25, 0.3) is 0 Å². The number of ether oxygens (including phenoxy) is 2. The van der Waals surface area contributed by atoms with Crippen LogP contribution in [0.2, 0.25) is 0 Å². The zero-order valence-electron chi connectivity index (χ0n) is 11.5. The first-order chi connectivity index (χ1) is 9.28. The quantitative estimate of drug-likeness (QED) is 0.693. The molecule has 2 aliphatic heterocycles. The summed E-state index contributed by atoms with van der Waals surface area (Å²) in [6.45, 7) is 2.43. The van der Waals surface area contributed by atoms with Crippen LogP contribution in [-0.4, -0.2) is 44.3 Å². The number of hydrogen-bond donors (Lipinski definition) is 2. The molecule has 0 aromatic heterocycles. The second kappa shape index (κ2) is 7.52. The molecule has 2 heterocycles. The molecule has 112 valence electrons. The molecule has 6 nitrogen and oxygen atoms in total. The van der Waals surface area contributed by atoms with Crippen molar-refractivity contribution in [3.8, 4) is 0 Å². The van der Waals surface area contributed by atoms with Crippen LogP contribution in [-0.2, 0) is 19.2 Å². The molecule has 3 atom stereocenters. The fourth-order valence-corrected chi connectivity index (χ4v) is 2.47. The fourth-order valence-electron chi connectivity index (χ4n) is 2.47. The largest absolute Gasteiger partial charge is 0.375 e. The minimum atomic E-state index is -0.418. The van der Waals surface area contributed by atoms with Crippen molar-refractivity contribution in [3.05, 3.63) is 0 Å². The van der Waals surface area contributed by atoms with Crippen molar-refractivity contribution in [1.29, 1.82) is 0 Å². The van der Waals surface area contributed by atoms with E-state index in [1.54, 1.807) is 0 Å². The molecule has 3 unspecified atom stereocenters. The summed E-state index contributed by atoms with van der Waals surface area (Å²) in [5.41, 5.74) is 10.5. The lowest BCUT2D eigenvalue weighted by molar-refractivity contribution is -0.481. The molecule has 0 aromatic rings. The smallest absolute Gasteiger partial charge is 0.191 e. The van der Waals surface area contributed by atoms with E-state index >= 15 is 0 Å². The molecular formula is C13H26N2O4. The molecule has 0 bridgehead atoms. The van der Waals surface area contributed by atoms with Crippen molar-refractivity contribution < 1.29 is 19.2 Å². The van der Waals surface area contributed by atoms with Gasteiger partial charge in [0.2, 0.25) is 0 Å². The normalized spacial score (nSPS) is 35.7. The third-order valence-corrected chi connectivity index (χ3v) is 3.74. The maximum atomic E-state index is 5.83. The zero-order chi connectivity index (χ0) is 13.6. The highest BCUT2D eigenvalue weighted by Crippen LogP contribution is 2.32. The zero-order valence-corrected chi connectivity index (χ0v) is 11.5. The Bertz CT molecular complexity index is 220. The first-order valence-corrected chi connectivity index (χ1v) is 7.26. The maximum Gasteiger partial charge on any atom is 0.191 e. The van der Waals surface area contributed by atoms with Gasteiger partial charge in [-0.15, -0.1) is 0 Å². The molecule has 0 aromatic carbocycles. The van der Waals surface area contributed by atoms with Crippen molar-refractivity contribution in [2.75, 3.05) is 26.3 Å². The van der Waals surface area contributed by atoms with Crippen LogP contribution in [0.3, 0.4) is 0 Å². The van der Waals surface area contributed by atoms with Gasteiger partial charge in [-0.25, -0.2) is 9.78 Å². The minimum Gasteiger partial charge on any atom is -0.375 e. The third kappa shape index (κ3) is 4.37. The molecule has 0 aliphatic carbocycles. The molecule has 0 radical (unpaired) electrons. The monoisotopic (exact) mass is 274 g/mol. The minimum absolute atomic E-state index is 0.288. The van der Waals surface area contributed by atoms with Gasteiger partial charge >= 0.3 is 0 Å². The Morgan fingerprint density at radius 1 is 1.00 bits per heavy atom. The lowest BCUT2D eigenvalue weighted by Crippen LogP contribution is -2.52. The van der Waals surface area contributed by atoms with Crippen molar-refractivity contribution >= 4 is 0 Å². The van der Waals surface area contributed by atoms with Crippen LogP contribution in [0.5, 0.6) is 0 Å². The molecule has 4 N–H and O–H groups in total. The summed E-state index contributed by atoms with van der Waals surface area (Å²) in [6, 6.07) is 0. The average molecular weight is 274 g/mol. The van der Waals surface area contributed by atoms with Crippen LogP contribution in [0.25, 0.3) is 0 Å². The van der Waals surface area contributed by atoms with Crippen LogP contribution in [0.15, 0.2) is 0 Å². The van der Waals surface area contributed by atoms with E-state index in [-0.39, 0.29) is 6.29 Å². The first-order valence-electron chi connectivity index (χ1n) is 7.26. The van der Waals surface area contributed by atoms with Crippen molar-refractivity contribution in [3.63, 3.8) is 0 Å². The summed E-state index contributed by atoms with van der Waals surface area (Å²) in [6.07, 6.45) is 5.56. The summed E-state index contributed by atoms with van der Waals surface area (Å²) in [7, 11) is 0. The Labute approximate surface area is 114 Å². The second-order valence-corrected chi connectivity index (χ2v) is 5.44. The number of nitrogens with two attached hydrogens (primary N) is 2. The highest BCUT2D eigenvalue weighted by Gasteiger charge is 2.42. The van der Waals surface area contributed by atoms with E-state index in [0.717, 1.165) is 45.1 Å². The Kier molecular flexibility index (Phi) is 6.00. The molecule has 0 saturated carbocycles. The predicted octanol–water partition coefficient (Wildman–Crippen LogP) is 0.687. The van der Waals surface area contributed by atoms with Crippen molar-refractivity contribution in [1.82, 2.24) is 0 Å². The molecule has 1 spiro atoms. The Balaban J connectivity index is 1.69. The van der Waals surface area contributed by atoms with E-state index in [0.29, 0.717) is 25.9 Å². The average Bonchev–Trinajstić information content (AvgIpc) is 2.46. The Morgan fingerprint density at radius 3 is 2.32 bits per heavy atom. The number of rotatable bonds is 6. The Hall–Kier alpha value is -0.240. The second-order valence-electron chi connectivity index (χ2n) is 5.44. The van der Waals surface area contributed by atoms with Gasteiger partial charge in [-0.1, -0.05) is 0 Å². The van der Waals surface area contributed by atoms with Crippen LogP contribution < -0.4 is 11.5 Å². The molecule has 2 aliphatic rings. The molecule has 6 heteroatoms. The van der Waals surface area contributed by atoms with E-state index in [2.05, 4.69) is 0 Å². The molecular weight excluding hydrogens is 248 g/mol. The highest BCUT2D eigenvalue weighted by molar-refractivity contribution is 4.86. The summed E-state index contributed by atoms with van der Waals surface area (Å²) in [4.78, 5) is 10.9. The lowest BCUT2D eigenvalue weighted by Gasteiger charge is -2.42. The molecule has 2 saturated heterocycles. The van der Waals surface area contributed by atoms with Gasteiger partial charge in [-0.05, 0) is 45.2 Å². The van der Waals surface area contributed by atoms with E-state index in [4.69, 9.17) is 30.7 Å². The maximum absolute atomic E-state index is 5.83. The molecule has 0 amide bonds. The molecule has 19 heavy (non-hydrogen) atoms. The van der Waals surface area contributed by atoms with E-state index in [1.807, 2.05) is 0 Å². The van der Waals surface area contributed by atoms with E-state index in [9.17, 15) is 0 Å². The summed E-state index contributed by atoms with van der Waals surface area (Å²) < 4.78 is 11.5. The van der Waals surface area contributed by atoms with Gasteiger partial charge in [0.1, 0.15) is 0 Å². The number of hydrogen-bond acceptors (Lipinski definition) is 6. The summed E-state index contributed by atoms with van der Waals surface area (Å²) in [5, 5.41) is 0. The third-order valence-electron chi connectivity index (χ3n) is 3.74. The van der Waals surface area contributed by atoms with E-state index < -0.39 is 5.60 Å². The van der Waals surface area contributed by atoms with Gasteiger partial charge in [0.05, 0.1) is 19.3 Å². The van der Waals surface area contributed by atoms with Gasteiger partial charge < -0.3 is 20.9 Å². The molecule has 2 rings (SSSR count). The predicted molar refractivity (Wildman–Crippen MR) is 70.2 cm³/mol. The van der Waals surface area contributed by atoms with Gasteiger partial charge in [0, 0.05) is 6.42 Å². The van der Waals surface area contributed by atoms with Gasteiger partial charge in [-0.2, -0.15) is 0 Å². The van der Waals surface area contributed by atoms with Gasteiger partial charge in [-0.3, -0.25) is 0 Å². The topological polar surface area (TPSA) is 89.0 Å². The highest BCUT2D eigenvalue weighted by atomic mass is 17.2. The van der Waals surface area contributed by atoms with Gasteiger partial charge in [0.15, 0.2) is 11.9 Å². The van der Waals surface area contributed by atoms with Crippen molar-refractivity contribution in [2.45, 2.75) is 56.5 Å². The Morgan fingerprint density at radius 2 is 1.74 bits per heavy atom. The first kappa shape index (κ1) is 15.2. The fraction of sp³-hybridized carbons (Fsp3) is 1.00. The molecule has 2 fully saturated rings. The summed E-state index contributed by atoms with van der Waals surface area (Å²) >= 11 is 0. The lowest BCUT2D eigenvalue weighted by atomic mass is 9.92. The van der Waals surface area contributed by atoms with Crippen molar-refractivity contribution in [2.24, 2.45) is 11.5 Å². The van der Waals surface area contributed by atoms with Crippen LogP contribution in [0, 0.1) is 0 Å². The van der Waals surface area contributed by atoms with Crippen LogP contribution >= 0.6 is 0 Å². The standard InChI is InChI=1S/C13H26N2O4/c14-7-1-3-11-5-6-13(9-16-11)10-17-12(18-19-13)4-2-8-15/h11-12H,1-10,14-15H2. The van der Waals surface area contributed by atoms with Crippen LogP contribution in [0.4, 0.5) is 0 Å².